The van der Waals surface area contributed by atoms with Gasteiger partial charge in [-0.15, -0.1) is 5.46 Å². The summed E-state index contributed by atoms with van der Waals surface area (Å²) < 4.78 is 0. The maximum absolute atomic E-state index is 6.10. The molecule has 0 heterocycles. The van der Waals surface area contributed by atoms with Crippen LogP contribution in [0.5, 0.6) is 0 Å². The van der Waals surface area contributed by atoms with Crippen molar-refractivity contribution < 1.29 is 21.7 Å². The summed E-state index contributed by atoms with van der Waals surface area (Å²) >= 11 is 12.2. The molecule has 0 aliphatic heterocycles. The van der Waals surface area contributed by atoms with Crippen molar-refractivity contribution in [3.63, 3.8) is 0 Å². The van der Waals surface area contributed by atoms with Crippen molar-refractivity contribution in [3.8, 4) is 0 Å². The average Bonchev–Trinajstić information content (AvgIpc) is 2.82. The summed E-state index contributed by atoms with van der Waals surface area (Å²) in [6.07, 6.45) is 0. The van der Waals surface area contributed by atoms with E-state index in [2.05, 4.69) is 208 Å². The minimum absolute atomic E-state index is 0. The number of aryl methyl sites for hydroxylation is 6. The Morgan fingerprint density at radius 1 is 0.400 bits per heavy atom. The molecule has 0 fully saturated rings. The van der Waals surface area contributed by atoms with Gasteiger partial charge >= 0.3 is 21.7 Å². The minimum Gasteiger partial charge on any atom is -0.844 e. The molecule has 10 heteroatoms. The molecule has 0 aliphatic carbocycles. The smallest absolute Gasteiger partial charge is 0.844 e. The fourth-order valence-corrected chi connectivity index (χ4v) is 49.4. The van der Waals surface area contributed by atoms with Crippen LogP contribution in [0.3, 0.4) is 0 Å². The molecule has 0 nitrogen and oxygen atoms in total. The average molecular weight is 913 g/mol. The van der Waals surface area contributed by atoms with Gasteiger partial charge in [0, 0.05) is 48.4 Å². The van der Waals surface area contributed by atoms with Crippen molar-refractivity contribution in [1.29, 1.82) is 0 Å². The maximum Gasteiger partial charge on any atom is 4.00 e. The van der Waals surface area contributed by atoms with Gasteiger partial charge in [0.2, 0.25) is 0 Å². The minimum atomic E-state index is -1.52. The van der Waals surface area contributed by atoms with E-state index in [9.17, 15) is 0 Å². The standard InChI is InChI=1S/C27H59BS2Si6.2C9H11.Ti/c1-31(2,3)25(32(4,5)6)21-19-22(26(33(7,8)9)34(10,11)12)24(28(29)30)23(20-21)27(35(13,14)15)36(16,17)18;2*1-7-4-8(2)6-9(3)5-7;/h19-20,25-27H,1-18H3;2*4-5H,1-3H3;/q-2;2*-1;+4. The van der Waals surface area contributed by atoms with Crippen molar-refractivity contribution in [2.24, 2.45) is 0 Å². The van der Waals surface area contributed by atoms with Crippen LogP contribution >= 0.6 is 0 Å². The number of hydrogen-bond donors (Lipinski definition) is 0. The Morgan fingerprint density at radius 3 is 0.782 bits per heavy atom. The van der Waals surface area contributed by atoms with E-state index in [4.69, 9.17) is 25.0 Å². The van der Waals surface area contributed by atoms with Crippen LogP contribution < -0.4 is 5.46 Å². The van der Waals surface area contributed by atoms with Crippen molar-refractivity contribution in [2.45, 2.75) is 175 Å². The van der Waals surface area contributed by atoms with E-state index in [1.807, 2.05) is 0 Å². The first-order valence-corrected chi connectivity index (χ1v) is 42.7. The topological polar surface area (TPSA) is 0 Å². The summed E-state index contributed by atoms with van der Waals surface area (Å²) in [7, 11) is -9.00. The molecule has 0 saturated heterocycles. The Hall–Kier alpha value is 0.441. The Morgan fingerprint density at radius 2 is 0.618 bits per heavy atom. The fraction of sp³-hybridized carbons (Fsp3) is 0.600. The predicted molar refractivity (Wildman–Crippen MR) is 274 cm³/mol. The van der Waals surface area contributed by atoms with Gasteiger partial charge in [0.05, 0.1) is 0 Å². The Labute approximate surface area is 376 Å². The van der Waals surface area contributed by atoms with Crippen molar-refractivity contribution >= 4 is 84.1 Å². The summed E-state index contributed by atoms with van der Waals surface area (Å²) in [5, 5.41) is 1.82. The van der Waals surface area contributed by atoms with Crippen LogP contribution in [0.1, 0.15) is 65.6 Å². The van der Waals surface area contributed by atoms with Gasteiger partial charge in [-0.2, -0.15) is 75.0 Å². The van der Waals surface area contributed by atoms with E-state index in [-0.39, 0.29) is 27.0 Å². The van der Waals surface area contributed by atoms with Crippen LogP contribution in [0.15, 0.2) is 36.4 Å². The molecule has 3 aromatic rings. The van der Waals surface area contributed by atoms with Gasteiger partial charge in [-0.25, -0.2) is 0 Å². The third-order valence-electron chi connectivity index (χ3n) is 10.2. The summed E-state index contributed by atoms with van der Waals surface area (Å²) in [5.41, 5.74) is 13.9. The molecule has 0 atom stereocenters. The Bertz CT molecular complexity index is 1440. The van der Waals surface area contributed by atoms with E-state index in [1.165, 1.54) is 38.8 Å². The molecule has 3 aromatic carbocycles. The normalized spacial score (nSPS) is 12.9. The number of benzene rings is 3. The monoisotopic (exact) mass is 912 g/mol. The third-order valence-corrected chi connectivity index (χ3v) is 38.6. The predicted octanol–water partition coefficient (Wildman–Crippen LogP) is 13.8. The molecule has 3 rings (SSSR count). The van der Waals surface area contributed by atoms with Crippen molar-refractivity contribution in [1.82, 2.24) is 0 Å². The van der Waals surface area contributed by atoms with E-state index < -0.39 is 48.4 Å². The Kier molecular flexibility index (Phi) is 21.0. The van der Waals surface area contributed by atoms with Gasteiger partial charge < -0.3 is 25.0 Å². The largest absolute Gasteiger partial charge is 4.00 e. The zero-order valence-electron chi connectivity index (χ0n) is 40.1. The summed E-state index contributed by atoms with van der Waals surface area (Å²) in [5.74, 6) is 0. The van der Waals surface area contributed by atoms with Crippen LogP contribution in [0, 0.1) is 53.7 Å². The van der Waals surface area contributed by atoms with Gasteiger partial charge in [-0.05, 0) is 21.1 Å². The molecular weight excluding hydrogens is 832 g/mol. The number of hydrogen-bond acceptors (Lipinski definition) is 2. The molecule has 0 radical (unpaired) electrons. The molecule has 0 bridgehead atoms. The first-order chi connectivity index (χ1) is 23.9. The van der Waals surface area contributed by atoms with Gasteiger partial charge in [0.15, 0.2) is 0 Å². The maximum atomic E-state index is 6.10. The van der Waals surface area contributed by atoms with Crippen LogP contribution in [-0.2, 0) is 46.7 Å². The summed E-state index contributed by atoms with van der Waals surface area (Å²) in [6, 6.07) is 20.4. The molecule has 0 aromatic heterocycles. The SMILES string of the molecule is C[Si](C)(C)C(c1cc(C([Si](C)(C)C)[Si](C)(C)C)c(B([S-])[S-])c(C([Si](C)(C)C)[Si](C)(C)C)c1)[Si](C)(C)C.Cc1[c-]c(C)cc(C)c1.Cc1[c-]c(C)cc(C)c1.[Ti+4]. The zero-order valence-corrected chi connectivity index (χ0v) is 49.3. The van der Waals surface area contributed by atoms with Crippen molar-refractivity contribution in [3.05, 3.63) is 98.6 Å². The van der Waals surface area contributed by atoms with Crippen LogP contribution in [0.2, 0.25) is 118 Å². The quantitative estimate of drug-likeness (QED) is 0.113. The van der Waals surface area contributed by atoms with E-state index in [1.54, 1.807) is 16.7 Å². The molecule has 304 valence electrons. The molecule has 55 heavy (non-hydrogen) atoms. The van der Waals surface area contributed by atoms with Gasteiger partial charge in [0.25, 0.3) is 0 Å². The van der Waals surface area contributed by atoms with Gasteiger partial charge in [0.1, 0.15) is 0 Å². The van der Waals surface area contributed by atoms with Crippen molar-refractivity contribution in [2.75, 3.05) is 0 Å². The van der Waals surface area contributed by atoms with E-state index in [0.29, 0.717) is 10.3 Å². The molecule has 0 saturated carbocycles. The summed E-state index contributed by atoms with van der Waals surface area (Å²) in [4.78, 5) is 0. The van der Waals surface area contributed by atoms with Gasteiger partial charge in [-0.1, -0.05) is 183 Å². The fourth-order valence-electron chi connectivity index (χ4n) is 10.6. The first-order valence-electron chi connectivity index (χ1n) is 20.3. The van der Waals surface area contributed by atoms with Crippen LogP contribution in [0.4, 0.5) is 0 Å². The summed E-state index contributed by atoms with van der Waals surface area (Å²) in [6.45, 7) is 59.3. The molecule has 0 amide bonds. The second kappa shape index (κ2) is 20.8. The molecule has 0 aliphatic rings. The van der Waals surface area contributed by atoms with Gasteiger partial charge in [-0.3, -0.25) is 0 Å². The second-order valence-corrected chi connectivity index (χ2v) is 57.8. The first kappa shape index (κ1) is 55.4. The van der Waals surface area contributed by atoms with E-state index >= 15 is 0 Å². The third kappa shape index (κ3) is 17.5. The molecule has 0 N–H and O–H groups in total. The molecular formula is C45H81BS2Si6Ti. The van der Waals surface area contributed by atoms with Crippen LogP contribution in [-0.4, -0.2) is 53.7 Å². The Balaban J connectivity index is 0.00000123. The van der Waals surface area contributed by atoms with E-state index in [0.717, 1.165) is 5.16 Å². The zero-order chi connectivity index (χ0) is 42.7. The van der Waals surface area contributed by atoms with Crippen LogP contribution in [0.25, 0.3) is 0 Å². The molecule has 0 spiro atoms. The number of rotatable bonds is 10. The molecule has 0 unspecified atom stereocenters. The second-order valence-electron chi connectivity index (χ2n) is 23.0.